The lowest BCUT2D eigenvalue weighted by atomic mass is 9.91. The van der Waals surface area contributed by atoms with Crippen molar-refractivity contribution >= 4 is 12.2 Å². The van der Waals surface area contributed by atoms with Crippen LogP contribution in [-0.4, -0.2) is 17.1 Å². The number of nitrogens with one attached hydrogen (secondary N) is 1. The Labute approximate surface area is 114 Å². The fourth-order valence-corrected chi connectivity index (χ4v) is 2.77. The van der Waals surface area contributed by atoms with Gasteiger partial charge in [0.15, 0.2) is 0 Å². The van der Waals surface area contributed by atoms with Gasteiger partial charge in [-0.25, -0.2) is 4.98 Å². The number of hydrogen-bond donors (Lipinski definition) is 1. The summed E-state index contributed by atoms with van der Waals surface area (Å²) in [4.78, 5) is 7.96. The minimum absolute atomic E-state index is 0.0405. The van der Waals surface area contributed by atoms with Gasteiger partial charge in [-0.1, -0.05) is 33.0 Å². The zero-order valence-electron chi connectivity index (χ0n) is 11.7. The van der Waals surface area contributed by atoms with Gasteiger partial charge in [-0.15, -0.1) is 0 Å². The van der Waals surface area contributed by atoms with E-state index in [9.17, 15) is 0 Å². The van der Waals surface area contributed by atoms with Gasteiger partial charge in [0.1, 0.15) is 16.1 Å². The van der Waals surface area contributed by atoms with Crippen molar-refractivity contribution in [2.24, 2.45) is 0 Å². The summed E-state index contributed by atoms with van der Waals surface area (Å²) in [5.41, 5.74) is 0.911. The Kier molecular flexibility index (Phi) is 3.60. The number of ether oxygens (including phenoxy) is 1. The molecule has 0 aromatic carbocycles. The van der Waals surface area contributed by atoms with Gasteiger partial charge < -0.3 is 9.72 Å². The Morgan fingerprint density at radius 1 is 1.33 bits per heavy atom. The molecule has 1 aromatic heterocycles. The molecule has 1 N–H and O–H groups in total. The van der Waals surface area contributed by atoms with Crippen LogP contribution in [0.3, 0.4) is 0 Å². The molecule has 0 bridgehead atoms. The summed E-state index contributed by atoms with van der Waals surface area (Å²) in [7, 11) is 1.77. The van der Waals surface area contributed by atoms with Gasteiger partial charge in [0.05, 0.1) is 0 Å². The second-order valence-electron chi connectivity index (χ2n) is 6.14. The number of rotatable bonds is 2. The highest BCUT2D eigenvalue weighted by molar-refractivity contribution is 7.71. The number of aromatic amines is 1. The van der Waals surface area contributed by atoms with Crippen LogP contribution in [0.15, 0.2) is 6.07 Å². The van der Waals surface area contributed by atoms with E-state index in [0.29, 0.717) is 4.64 Å². The molecule has 0 radical (unpaired) electrons. The molecule has 4 heteroatoms. The van der Waals surface area contributed by atoms with Crippen LogP contribution < -0.4 is 0 Å². The smallest absolute Gasteiger partial charge is 0.140 e. The minimum Gasteiger partial charge on any atom is -0.370 e. The average Bonchev–Trinajstić information content (AvgIpc) is 2.76. The molecule has 100 valence electrons. The van der Waals surface area contributed by atoms with Crippen LogP contribution in [0.2, 0.25) is 0 Å². The largest absolute Gasteiger partial charge is 0.370 e. The molecule has 0 spiro atoms. The summed E-state index contributed by atoms with van der Waals surface area (Å²) in [5.74, 6) is 0.903. The fourth-order valence-electron chi connectivity index (χ4n) is 2.56. The summed E-state index contributed by atoms with van der Waals surface area (Å²) in [6.07, 6.45) is 4.43. The Balaban J connectivity index is 2.51. The Bertz CT molecular complexity index is 481. The third-order valence-corrected chi connectivity index (χ3v) is 3.99. The highest BCUT2D eigenvalue weighted by Crippen LogP contribution is 2.40. The fraction of sp³-hybridized carbons (Fsp3) is 0.714. The van der Waals surface area contributed by atoms with Gasteiger partial charge in [-0.3, -0.25) is 0 Å². The molecule has 0 unspecified atom stereocenters. The van der Waals surface area contributed by atoms with E-state index in [2.05, 4.69) is 30.7 Å². The van der Waals surface area contributed by atoms with Crippen LogP contribution in [0.4, 0.5) is 0 Å². The molecule has 0 aliphatic heterocycles. The van der Waals surface area contributed by atoms with E-state index in [-0.39, 0.29) is 11.0 Å². The van der Waals surface area contributed by atoms with Crippen molar-refractivity contribution in [3.8, 4) is 0 Å². The highest BCUT2D eigenvalue weighted by atomic mass is 32.1. The molecule has 3 nitrogen and oxygen atoms in total. The second-order valence-corrected chi connectivity index (χ2v) is 6.56. The van der Waals surface area contributed by atoms with Gasteiger partial charge in [-0.2, -0.15) is 0 Å². The standard InChI is InChI=1S/C14H22N2OS/c1-13(2,3)10-9-11(18)16-12(15-10)14(17-4)7-5-6-8-14/h9H,5-8H2,1-4H3,(H,15,16,18). The number of hydrogen-bond acceptors (Lipinski definition) is 3. The molecule has 2 rings (SSSR count). The molecule has 1 aliphatic rings. The van der Waals surface area contributed by atoms with Crippen molar-refractivity contribution < 1.29 is 4.74 Å². The number of aromatic nitrogens is 2. The molecule has 1 fully saturated rings. The first kappa shape index (κ1) is 13.7. The number of H-pyrrole nitrogens is 1. The molecule has 1 aromatic rings. The first-order chi connectivity index (χ1) is 8.37. The van der Waals surface area contributed by atoms with Crippen molar-refractivity contribution in [2.75, 3.05) is 7.11 Å². The van der Waals surface area contributed by atoms with Gasteiger partial charge >= 0.3 is 0 Å². The molecular weight excluding hydrogens is 244 g/mol. The first-order valence-corrected chi connectivity index (χ1v) is 6.96. The van der Waals surface area contributed by atoms with E-state index in [1.165, 1.54) is 12.8 Å². The maximum atomic E-state index is 5.77. The SMILES string of the molecule is COC1(c2nc(=S)cc(C(C)(C)C)[nH]2)CCCC1. The third kappa shape index (κ3) is 2.50. The third-order valence-electron chi connectivity index (χ3n) is 3.78. The van der Waals surface area contributed by atoms with Crippen molar-refractivity contribution in [3.05, 3.63) is 22.2 Å². The lowest BCUT2D eigenvalue weighted by Crippen LogP contribution is -2.29. The van der Waals surface area contributed by atoms with Crippen LogP contribution in [0.1, 0.15) is 58.0 Å². The van der Waals surface area contributed by atoms with Crippen molar-refractivity contribution in [1.82, 2.24) is 9.97 Å². The molecule has 0 atom stereocenters. The van der Waals surface area contributed by atoms with Crippen LogP contribution in [0.5, 0.6) is 0 Å². The van der Waals surface area contributed by atoms with Crippen LogP contribution >= 0.6 is 12.2 Å². The highest BCUT2D eigenvalue weighted by Gasteiger charge is 2.38. The Morgan fingerprint density at radius 3 is 2.44 bits per heavy atom. The minimum atomic E-state index is -0.255. The first-order valence-electron chi connectivity index (χ1n) is 6.55. The number of methoxy groups -OCH3 is 1. The predicted molar refractivity (Wildman–Crippen MR) is 75.3 cm³/mol. The van der Waals surface area contributed by atoms with Gasteiger partial charge in [-0.05, 0) is 31.7 Å². The van der Waals surface area contributed by atoms with Gasteiger partial charge in [0.2, 0.25) is 0 Å². The zero-order chi connectivity index (χ0) is 13.4. The maximum absolute atomic E-state index is 5.77. The molecular formula is C14H22N2OS. The summed E-state index contributed by atoms with van der Waals surface area (Å²) >= 11 is 5.30. The van der Waals surface area contributed by atoms with Crippen LogP contribution in [-0.2, 0) is 15.8 Å². The molecule has 0 saturated heterocycles. The van der Waals surface area contributed by atoms with Crippen LogP contribution in [0, 0.1) is 4.64 Å². The monoisotopic (exact) mass is 266 g/mol. The summed E-state index contributed by atoms with van der Waals surface area (Å²) in [6.45, 7) is 6.52. The quantitative estimate of drug-likeness (QED) is 0.826. The molecule has 0 amide bonds. The molecule has 1 heterocycles. The van der Waals surface area contributed by atoms with E-state index in [1.54, 1.807) is 7.11 Å². The lowest BCUT2D eigenvalue weighted by molar-refractivity contribution is -0.0166. The summed E-state index contributed by atoms with van der Waals surface area (Å²) < 4.78 is 6.42. The Hall–Kier alpha value is -0.740. The lowest BCUT2D eigenvalue weighted by Gasteiger charge is -2.28. The van der Waals surface area contributed by atoms with E-state index < -0.39 is 0 Å². The molecule has 1 saturated carbocycles. The van der Waals surface area contributed by atoms with E-state index in [1.807, 2.05) is 6.07 Å². The van der Waals surface area contributed by atoms with Crippen LogP contribution in [0.25, 0.3) is 0 Å². The van der Waals surface area contributed by atoms with Crippen molar-refractivity contribution in [1.29, 1.82) is 0 Å². The van der Waals surface area contributed by atoms with Crippen molar-refractivity contribution in [2.45, 2.75) is 57.5 Å². The van der Waals surface area contributed by atoms with Gasteiger partial charge in [0.25, 0.3) is 0 Å². The van der Waals surface area contributed by atoms with Gasteiger partial charge in [0, 0.05) is 18.2 Å². The average molecular weight is 266 g/mol. The number of nitrogens with zero attached hydrogens (tertiary/aromatic N) is 1. The molecule has 18 heavy (non-hydrogen) atoms. The van der Waals surface area contributed by atoms with E-state index in [0.717, 1.165) is 24.4 Å². The topological polar surface area (TPSA) is 37.9 Å². The summed E-state index contributed by atoms with van der Waals surface area (Å²) in [5, 5.41) is 0. The summed E-state index contributed by atoms with van der Waals surface area (Å²) in [6, 6.07) is 1.96. The maximum Gasteiger partial charge on any atom is 0.140 e. The van der Waals surface area contributed by atoms with E-state index >= 15 is 0 Å². The normalized spacial score (nSPS) is 19.1. The second kappa shape index (κ2) is 4.74. The molecule has 1 aliphatic carbocycles. The Morgan fingerprint density at radius 2 is 1.94 bits per heavy atom. The van der Waals surface area contributed by atoms with E-state index in [4.69, 9.17) is 17.0 Å². The predicted octanol–water partition coefficient (Wildman–Crippen LogP) is 3.85. The zero-order valence-corrected chi connectivity index (χ0v) is 12.5. The van der Waals surface area contributed by atoms with Crippen molar-refractivity contribution in [3.63, 3.8) is 0 Å².